The molecule has 0 N–H and O–H groups in total. The van der Waals surface area contributed by atoms with Crippen molar-refractivity contribution in [3.8, 4) is 11.5 Å². The summed E-state index contributed by atoms with van der Waals surface area (Å²) in [6, 6.07) is 9.03. The Morgan fingerprint density at radius 3 is 2.65 bits per heavy atom. The van der Waals surface area contributed by atoms with Crippen molar-refractivity contribution in [1.82, 2.24) is 0 Å². The van der Waals surface area contributed by atoms with Gasteiger partial charge in [0.1, 0.15) is 5.82 Å². The second kappa shape index (κ2) is 7.79. The fraction of sp³-hybridized carbons (Fsp3) is 0.167. The molecule has 3 nitrogen and oxygen atoms in total. The van der Waals surface area contributed by atoms with Gasteiger partial charge in [-0.25, -0.2) is 4.39 Å². The molecule has 0 aromatic heterocycles. The van der Waals surface area contributed by atoms with Gasteiger partial charge in [-0.15, -0.1) is 0 Å². The SMILES string of the molecule is CCOc1ccc(/C=C/C(=O)c2ccc(F)cc2Cl)cc1OC. The molecule has 0 aliphatic heterocycles. The maximum absolute atomic E-state index is 13.0. The van der Waals surface area contributed by atoms with Crippen LogP contribution < -0.4 is 9.47 Å². The second-order valence-electron chi connectivity index (χ2n) is 4.67. The first-order chi connectivity index (χ1) is 11.0. The highest BCUT2D eigenvalue weighted by Crippen LogP contribution is 2.28. The summed E-state index contributed by atoms with van der Waals surface area (Å²) in [7, 11) is 1.55. The highest BCUT2D eigenvalue weighted by molar-refractivity contribution is 6.34. The normalized spacial score (nSPS) is 10.8. The minimum Gasteiger partial charge on any atom is -0.493 e. The van der Waals surface area contributed by atoms with E-state index in [0.29, 0.717) is 18.1 Å². The quantitative estimate of drug-likeness (QED) is 0.563. The Morgan fingerprint density at radius 1 is 1.22 bits per heavy atom. The summed E-state index contributed by atoms with van der Waals surface area (Å²) in [5.74, 6) is 0.441. The fourth-order valence-corrected chi connectivity index (χ4v) is 2.27. The number of ether oxygens (including phenoxy) is 2. The van der Waals surface area contributed by atoms with Crippen LogP contribution in [0.25, 0.3) is 6.08 Å². The predicted molar refractivity (Wildman–Crippen MR) is 88.9 cm³/mol. The van der Waals surface area contributed by atoms with Gasteiger partial charge >= 0.3 is 0 Å². The molecule has 0 aliphatic carbocycles. The zero-order valence-corrected chi connectivity index (χ0v) is 13.6. The Labute approximate surface area is 139 Å². The first-order valence-corrected chi connectivity index (χ1v) is 7.41. The molecule has 0 aliphatic rings. The van der Waals surface area contributed by atoms with Crippen molar-refractivity contribution in [2.24, 2.45) is 0 Å². The number of benzene rings is 2. The summed E-state index contributed by atoms with van der Waals surface area (Å²) < 4.78 is 23.7. The Hall–Kier alpha value is -2.33. The molecular formula is C18H16ClFO3. The molecule has 2 aromatic carbocycles. The van der Waals surface area contributed by atoms with Gasteiger partial charge in [0.25, 0.3) is 0 Å². The van der Waals surface area contributed by atoms with Gasteiger partial charge in [-0.1, -0.05) is 23.7 Å². The van der Waals surface area contributed by atoms with E-state index < -0.39 is 5.82 Å². The minimum atomic E-state index is -0.480. The van der Waals surface area contributed by atoms with Crippen molar-refractivity contribution in [3.05, 3.63) is 64.4 Å². The van der Waals surface area contributed by atoms with Gasteiger partial charge in [0.05, 0.1) is 18.7 Å². The van der Waals surface area contributed by atoms with Crippen molar-refractivity contribution in [1.29, 1.82) is 0 Å². The number of hydrogen-bond donors (Lipinski definition) is 0. The maximum atomic E-state index is 13.0. The number of halogens is 2. The highest BCUT2D eigenvalue weighted by atomic mass is 35.5. The smallest absolute Gasteiger partial charge is 0.187 e. The topological polar surface area (TPSA) is 35.5 Å². The first kappa shape index (κ1) is 17.0. The van der Waals surface area contributed by atoms with Crippen molar-refractivity contribution < 1.29 is 18.7 Å². The molecule has 0 heterocycles. The Bertz CT molecular complexity index is 741. The zero-order chi connectivity index (χ0) is 16.8. The molecule has 23 heavy (non-hydrogen) atoms. The van der Waals surface area contributed by atoms with Crippen molar-refractivity contribution in [2.75, 3.05) is 13.7 Å². The summed E-state index contributed by atoms with van der Waals surface area (Å²) in [4.78, 5) is 12.1. The van der Waals surface area contributed by atoms with E-state index in [-0.39, 0.29) is 16.4 Å². The lowest BCUT2D eigenvalue weighted by molar-refractivity contribution is 0.104. The third kappa shape index (κ3) is 4.33. The van der Waals surface area contributed by atoms with Gasteiger partial charge in [-0.2, -0.15) is 0 Å². The average molecular weight is 335 g/mol. The van der Waals surface area contributed by atoms with Crippen LogP contribution in [0.5, 0.6) is 11.5 Å². The van der Waals surface area contributed by atoms with E-state index in [4.69, 9.17) is 21.1 Å². The molecule has 0 unspecified atom stereocenters. The van der Waals surface area contributed by atoms with Crippen LogP contribution in [0.2, 0.25) is 5.02 Å². The lowest BCUT2D eigenvalue weighted by atomic mass is 10.1. The molecule has 0 radical (unpaired) electrons. The van der Waals surface area contributed by atoms with Crippen LogP contribution in [0.3, 0.4) is 0 Å². The van der Waals surface area contributed by atoms with Gasteiger partial charge in [-0.3, -0.25) is 4.79 Å². The van der Waals surface area contributed by atoms with Crippen molar-refractivity contribution >= 4 is 23.5 Å². The van der Waals surface area contributed by atoms with Gasteiger partial charge in [0.2, 0.25) is 0 Å². The summed E-state index contributed by atoms with van der Waals surface area (Å²) in [5, 5.41) is 0.0870. The van der Waals surface area contributed by atoms with Crippen LogP contribution in [-0.4, -0.2) is 19.5 Å². The molecule has 0 fully saturated rings. The summed E-state index contributed by atoms with van der Waals surface area (Å²) in [6.45, 7) is 2.42. The van der Waals surface area contributed by atoms with E-state index >= 15 is 0 Å². The fourth-order valence-electron chi connectivity index (χ4n) is 2.01. The number of hydrogen-bond acceptors (Lipinski definition) is 3. The number of methoxy groups -OCH3 is 1. The molecule has 2 aromatic rings. The monoisotopic (exact) mass is 334 g/mol. The Morgan fingerprint density at radius 2 is 2.00 bits per heavy atom. The van der Waals surface area contributed by atoms with E-state index in [9.17, 15) is 9.18 Å². The van der Waals surface area contributed by atoms with E-state index in [1.54, 1.807) is 25.3 Å². The van der Waals surface area contributed by atoms with Gasteiger partial charge in [-0.05, 0) is 48.9 Å². The maximum Gasteiger partial charge on any atom is 0.187 e. The van der Waals surface area contributed by atoms with Crippen LogP contribution in [0.1, 0.15) is 22.8 Å². The van der Waals surface area contributed by atoms with Crippen molar-refractivity contribution in [3.63, 3.8) is 0 Å². The molecule has 0 spiro atoms. The van der Waals surface area contributed by atoms with Gasteiger partial charge < -0.3 is 9.47 Å². The van der Waals surface area contributed by atoms with Crippen LogP contribution in [0.15, 0.2) is 42.5 Å². The first-order valence-electron chi connectivity index (χ1n) is 7.03. The summed E-state index contributed by atoms with van der Waals surface area (Å²) >= 11 is 5.88. The summed E-state index contributed by atoms with van der Waals surface area (Å²) in [6.07, 6.45) is 3.02. The van der Waals surface area contributed by atoms with Crippen LogP contribution >= 0.6 is 11.6 Å². The molecule has 0 atom stereocenters. The third-order valence-electron chi connectivity index (χ3n) is 3.11. The molecular weight excluding hydrogens is 319 g/mol. The summed E-state index contributed by atoms with van der Waals surface area (Å²) in [5.41, 5.74) is 1.03. The largest absolute Gasteiger partial charge is 0.493 e. The van der Waals surface area contributed by atoms with E-state index in [0.717, 1.165) is 11.6 Å². The molecule has 120 valence electrons. The molecule has 0 saturated carbocycles. The third-order valence-corrected chi connectivity index (χ3v) is 3.42. The van der Waals surface area contributed by atoms with E-state index in [1.165, 1.54) is 18.2 Å². The minimum absolute atomic E-state index is 0.0870. The molecule has 0 amide bonds. The van der Waals surface area contributed by atoms with Crippen LogP contribution in [0.4, 0.5) is 4.39 Å². The molecule has 5 heteroatoms. The van der Waals surface area contributed by atoms with E-state index in [1.807, 2.05) is 13.0 Å². The predicted octanol–water partition coefficient (Wildman–Crippen LogP) is 4.78. The standard InChI is InChI=1S/C18H16ClFO3/c1-3-23-17-9-5-12(10-18(17)22-2)4-8-16(21)14-7-6-13(20)11-15(14)19/h4-11H,3H2,1-2H3/b8-4+. The molecule has 0 bridgehead atoms. The number of allylic oxidation sites excluding steroid dienone is 1. The number of rotatable bonds is 6. The number of carbonyl (C=O) groups is 1. The second-order valence-corrected chi connectivity index (χ2v) is 5.07. The lowest BCUT2D eigenvalue weighted by Crippen LogP contribution is -1.97. The lowest BCUT2D eigenvalue weighted by Gasteiger charge is -2.09. The molecule has 2 rings (SSSR count). The number of carbonyl (C=O) groups excluding carboxylic acids is 1. The van der Waals surface area contributed by atoms with Gasteiger partial charge in [0.15, 0.2) is 17.3 Å². The molecule has 0 saturated heterocycles. The van der Waals surface area contributed by atoms with E-state index in [2.05, 4.69) is 0 Å². The van der Waals surface area contributed by atoms with Gasteiger partial charge in [0, 0.05) is 5.56 Å². The van der Waals surface area contributed by atoms with Crippen LogP contribution in [-0.2, 0) is 0 Å². The Kier molecular flexibility index (Phi) is 5.77. The number of ketones is 1. The zero-order valence-electron chi connectivity index (χ0n) is 12.8. The van der Waals surface area contributed by atoms with Crippen LogP contribution in [0, 0.1) is 5.82 Å². The Balaban J connectivity index is 2.20. The highest BCUT2D eigenvalue weighted by Gasteiger charge is 2.09. The van der Waals surface area contributed by atoms with Crippen molar-refractivity contribution in [2.45, 2.75) is 6.92 Å². The average Bonchev–Trinajstić information content (AvgIpc) is 2.53.